The van der Waals surface area contributed by atoms with Gasteiger partial charge in [-0.3, -0.25) is 9.59 Å². The summed E-state index contributed by atoms with van der Waals surface area (Å²) in [6, 6.07) is 10.6. The molecule has 0 bridgehead atoms. The molecule has 0 saturated heterocycles. The van der Waals surface area contributed by atoms with Gasteiger partial charge in [0, 0.05) is 5.69 Å². The Morgan fingerprint density at radius 3 is 2.24 bits per heavy atom. The predicted octanol–water partition coefficient (Wildman–Crippen LogP) is 1.00. The van der Waals surface area contributed by atoms with Gasteiger partial charge in [-0.15, -0.1) is 5.10 Å². The molecule has 10 nitrogen and oxygen atoms in total. The highest BCUT2D eigenvalue weighted by Gasteiger charge is 2.16. The third-order valence-corrected chi connectivity index (χ3v) is 3.98. The normalized spacial score (nSPS) is 10.4. The van der Waals surface area contributed by atoms with E-state index in [2.05, 4.69) is 25.1 Å². The Bertz CT molecular complexity index is 1140. The molecule has 10 heteroatoms. The van der Waals surface area contributed by atoms with Crippen molar-refractivity contribution in [2.24, 2.45) is 0 Å². The number of nitrogens with zero attached hydrogens (tertiary/aromatic N) is 3. The molecule has 0 aliphatic heterocycles. The fourth-order valence-corrected chi connectivity index (χ4v) is 2.63. The lowest BCUT2D eigenvalue weighted by Gasteiger charge is -2.10. The first-order valence-corrected chi connectivity index (χ1v) is 8.37. The fraction of sp³-hybridized carbons (Fsp3) is 0.158. The number of rotatable bonds is 5. The van der Waals surface area contributed by atoms with Crippen molar-refractivity contribution < 1.29 is 23.9 Å². The van der Waals surface area contributed by atoms with Gasteiger partial charge < -0.3 is 14.8 Å². The van der Waals surface area contributed by atoms with Crippen molar-refractivity contribution in [3.05, 3.63) is 63.9 Å². The van der Waals surface area contributed by atoms with Crippen LogP contribution < -0.4 is 10.9 Å². The zero-order valence-electron chi connectivity index (χ0n) is 15.5. The van der Waals surface area contributed by atoms with Crippen LogP contribution in [-0.2, 0) is 20.8 Å². The molecule has 1 heterocycles. The van der Waals surface area contributed by atoms with Gasteiger partial charge in [-0.2, -0.15) is 0 Å². The van der Waals surface area contributed by atoms with Crippen LogP contribution in [0.2, 0.25) is 0 Å². The zero-order valence-corrected chi connectivity index (χ0v) is 15.5. The van der Waals surface area contributed by atoms with E-state index in [-0.39, 0.29) is 16.8 Å². The number of carbonyl (C=O) groups excluding carboxylic acids is 3. The molecular weight excluding hydrogens is 380 g/mol. The first-order chi connectivity index (χ1) is 13.9. The highest BCUT2D eigenvalue weighted by Crippen LogP contribution is 2.17. The Kier molecular flexibility index (Phi) is 5.63. The number of fused-ring (bicyclic) bond motifs is 1. The van der Waals surface area contributed by atoms with Crippen LogP contribution in [0.15, 0.2) is 47.3 Å². The summed E-state index contributed by atoms with van der Waals surface area (Å²) in [6.07, 6.45) is 0. The van der Waals surface area contributed by atoms with Crippen LogP contribution in [0.4, 0.5) is 5.69 Å². The van der Waals surface area contributed by atoms with Gasteiger partial charge in [0.25, 0.3) is 5.56 Å². The van der Waals surface area contributed by atoms with E-state index in [1.54, 1.807) is 24.3 Å². The Hall–Kier alpha value is -4.08. The van der Waals surface area contributed by atoms with E-state index in [9.17, 15) is 19.2 Å². The van der Waals surface area contributed by atoms with Gasteiger partial charge in [0.1, 0.15) is 12.1 Å². The number of benzene rings is 2. The molecule has 0 radical (unpaired) electrons. The molecule has 0 spiro atoms. The zero-order chi connectivity index (χ0) is 21.0. The van der Waals surface area contributed by atoms with Crippen LogP contribution in [-0.4, -0.2) is 47.1 Å². The lowest BCUT2D eigenvalue weighted by molar-refractivity contribution is -0.117. The second-order valence-electron chi connectivity index (χ2n) is 5.90. The van der Waals surface area contributed by atoms with E-state index in [0.717, 1.165) is 4.68 Å². The van der Waals surface area contributed by atoms with Crippen molar-refractivity contribution in [3.63, 3.8) is 0 Å². The van der Waals surface area contributed by atoms with Crippen LogP contribution in [0.1, 0.15) is 20.7 Å². The second-order valence-corrected chi connectivity index (χ2v) is 5.90. The van der Waals surface area contributed by atoms with Gasteiger partial charge in [-0.05, 0) is 30.3 Å². The van der Waals surface area contributed by atoms with E-state index in [4.69, 9.17) is 0 Å². The number of anilines is 1. The number of esters is 2. The SMILES string of the molecule is COC(=O)c1cc(NC(=O)Cn2nnc3ccccc3c2=O)cc(C(=O)OC)c1. The molecule has 1 aromatic heterocycles. The van der Waals surface area contributed by atoms with Crippen molar-refractivity contribution in [2.45, 2.75) is 6.54 Å². The Labute approximate surface area is 164 Å². The third-order valence-electron chi connectivity index (χ3n) is 3.98. The van der Waals surface area contributed by atoms with Gasteiger partial charge in [-0.1, -0.05) is 17.3 Å². The van der Waals surface area contributed by atoms with Crippen LogP contribution in [0.25, 0.3) is 10.9 Å². The lowest BCUT2D eigenvalue weighted by atomic mass is 10.1. The van der Waals surface area contributed by atoms with Gasteiger partial charge in [0.2, 0.25) is 5.91 Å². The Morgan fingerprint density at radius 1 is 1.00 bits per heavy atom. The largest absolute Gasteiger partial charge is 0.465 e. The third kappa shape index (κ3) is 4.26. The van der Waals surface area contributed by atoms with Crippen molar-refractivity contribution in [1.82, 2.24) is 15.0 Å². The van der Waals surface area contributed by atoms with Crippen LogP contribution in [0.5, 0.6) is 0 Å². The molecule has 1 amide bonds. The van der Waals surface area contributed by atoms with Gasteiger partial charge in [0.05, 0.1) is 30.7 Å². The molecule has 2 aromatic carbocycles. The van der Waals surface area contributed by atoms with E-state index in [1.165, 1.54) is 32.4 Å². The molecule has 0 saturated carbocycles. The summed E-state index contributed by atoms with van der Waals surface area (Å²) in [4.78, 5) is 48.5. The number of carbonyl (C=O) groups is 3. The molecule has 148 valence electrons. The summed E-state index contributed by atoms with van der Waals surface area (Å²) in [7, 11) is 2.38. The molecule has 29 heavy (non-hydrogen) atoms. The molecule has 0 atom stereocenters. The predicted molar refractivity (Wildman–Crippen MR) is 102 cm³/mol. The molecule has 0 aliphatic carbocycles. The number of nitrogens with one attached hydrogen (secondary N) is 1. The van der Waals surface area contributed by atoms with Crippen molar-refractivity contribution in [3.8, 4) is 0 Å². The van der Waals surface area contributed by atoms with Crippen LogP contribution in [0, 0.1) is 0 Å². The monoisotopic (exact) mass is 396 g/mol. The average molecular weight is 396 g/mol. The maximum Gasteiger partial charge on any atom is 0.337 e. The average Bonchev–Trinajstić information content (AvgIpc) is 2.74. The molecule has 1 N–H and O–H groups in total. The van der Waals surface area contributed by atoms with Gasteiger partial charge >= 0.3 is 11.9 Å². The summed E-state index contributed by atoms with van der Waals surface area (Å²) in [5.74, 6) is -1.99. The number of amides is 1. The summed E-state index contributed by atoms with van der Waals surface area (Å²) < 4.78 is 10.2. The Morgan fingerprint density at radius 2 is 1.62 bits per heavy atom. The smallest absolute Gasteiger partial charge is 0.337 e. The molecule has 0 unspecified atom stereocenters. The number of hydrogen-bond donors (Lipinski definition) is 1. The van der Waals surface area contributed by atoms with Gasteiger partial charge in [0.15, 0.2) is 0 Å². The lowest BCUT2D eigenvalue weighted by Crippen LogP contribution is -2.30. The number of ether oxygens (including phenoxy) is 2. The molecule has 0 aliphatic rings. The maximum atomic E-state index is 12.4. The molecular formula is C19H16N4O6. The minimum absolute atomic E-state index is 0.0494. The van der Waals surface area contributed by atoms with Crippen molar-refractivity contribution in [2.75, 3.05) is 19.5 Å². The number of hydrogen-bond acceptors (Lipinski definition) is 8. The number of aromatic nitrogens is 3. The van der Waals surface area contributed by atoms with Crippen molar-refractivity contribution in [1.29, 1.82) is 0 Å². The second kappa shape index (κ2) is 8.30. The summed E-state index contributed by atoms with van der Waals surface area (Å²) in [5, 5.41) is 10.5. The standard InChI is InChI=1S/C19H16N4O6/c1-28-18(26)11-7-12(19(27)29-2)9-13(8-11)20-16(24)10-23-17(25)14-5-3-4-6-15(14)21-22-23/h3-9H,10H2,1-2H3,(H,20,24). The first kappa shape index (κ1) is 19.7. The molecule has 0 fully saturated rings. The van der Waals surface area contributed by atoms with E-state index >= 15 is 0 Å². The van der Waals surface area contributed by atoms with Crippen LogP contribution >= 0.6 is 0 Å². The maximum absolute atomic E-state index is 12.4. The van der Waals surface area contributed by atoms with E-state index in [1.807, 2.05) is 0 Å². The van der Waals surface area contributed by atoms with Crippen LogP contribution in [0.3, 0.4) is 0 Å². The number of methoxy groups -OCH3 is 2. The highest BCUT2D eigenvalue weighted by atomic mass is 16.5. The molecule has 3 rings (SSSR count). The minimum Gasteiger partial charge on any atom is -0.465 e. The first-order valence-electron chi connectivity index (χ1n) is 8.37. The van der Waals surface area contributed by atoms with Crippen molar-refractivity contribution >= 4 is 34.4 Å². The van der Waals surface area contributed by atoms with E-state index in [0.29, 0.717) is 10.9 Å². The topological polar surface area (TPSA) is 129 Å². The quantitative estimate of drug-likeness (QED) is 0.633. The summed E-state index contributed by atoms with van der Waals surface area (Å²) >= 11 is 0. The highest BCUT2D eigenvalue weighted by molar-refractivity contribution is 5.99. The van der Waals surface area contributed by atoms with E-state index < -0.39 is 29.9 Å². The summed E-state index contributed by atoms with van der Waals surface area (Å²) in [6.45, 7) is -0.410. The Balaban J connectivity index is 1.87. The fourth-order valence-electron chi connectivity index (χ4n) is 2.63. The van der Waals surface area contributed by atoms with Gasteiger partial charge in [-0.25, -0.2) is 14.3 Å². The minimum atomic E-state index is -0.692. The molecule has 3 aromatic rings. The summed E-state index contributed by atoms with van der Waals surface area (Å²) in [5.41, 5.74) is 0.203.